The lowest BCUT2D eigenvalue weighted by atomic mass is 10.1. The third-order valence-electron chi connectivity index (χ3n) is 2.73. The Morgan fingerprint density at radius 1 is 1.31 bits per heavy atom. The Labute approximate surface area is 99.2 Å². The molecule has 0 fully saturated rings. The van der Waals surface area contributed by atoms with Crippen molar-refractivity contribution in [3.05, 3.63) is 11.6 Å². The van der Waals surface area contributed by atoms with Crippen LogP contribution in [0.2, 0.25) is 0 Å². The summed E-state index contributed by atoms with van der Waals surface area (Å²) in [5, 5.41) is 0. The molecule has 0 radical (unpaired) electrons. The molecule has 1 aliphatic heterocycles. The maximum absolute atomic E-state index is 4.65. The van der Waals surface area contributed by atoms with Crippen LogP contribution < -0.4 is 0 Å². The van der Waals surface area contributed by atoms with Crippen molar-refractivity contribution in [2.45, 2.75) is 6.42 Å². The molecule has 0 atom stereocenters. The maximum Gasteiger partial charge on any atom is 0.195 e. The molecule has 0 spiro atoms. The number of aliphatic imine (C=N–C) groups is 1. The Morgan fingerprint density at radius 3 is 2.38 bits per heavy atom. The zero-order valence-corrected chi connectivity index (χ0v) is 11.2. The van der Waals surface area contributed by atoms with Crippen LogP contribution in [-0.4, -0.2) is 75.5 Å². The Balaban J connectivity index is 2.57. The highest BCUT2D eigenvalue weighted by Gasteiger charge is 2.08. The van der Waals surface area contributed by atoms with E-state index < -0.39 is 0 Å². The van der Waals surface area contributed by atoms with Crippen molar-refractivity contribution in [3.63, 3.8) is 0 Å². The second-order valence-electron chi connectivity index (χ2n) is 4.78. The van der Waals surface area contributed by atoms with Crippen molar-refractivity contribution < 1.29 is 0 Å². The second kappa shape index (κ2) is 5.89. The van der Waals surface area contributed by atoms with Gasteiger partial charge in [-0.3, -0.25) is 0 Å². The summed E-state index contributed by atoms with van der Waals surface area (Å²) in [5.41, 5.74) is 1.46. The number of guanidine groups is 1. The fourth-order valence-corrected chi connectivity index (χ4v) is 1.81. The van der Waals surface area contributed by atoms with Crippen LogP contribution in [0.1, 0.15) is 6.42 Å². The van der Waals surface area contributed by atoms with Crippen LogP contribution in [0.15, 0.2) is 16.6 Å². The molecule has 0 saturated carbocycles. The van der Waals surface area contributed by atoms with Crippen molar-refractivity contribution in [1.29, 1.82) is 0 Å². The predicted octanol–water partition coefficient (Wildman–Crippen LogP) is 0.728. The summed E-state index contributed by atoms with van der Waals surface area (Å²) in [7, 11) is 10.3. The molecule has 0 bridgehead atoms. The van der Waals surface area contributed by atoms with Gasteiger partial charge in [0.15, 0.2) is 5.96 Å². The predicted molar refractivity (Wildman–Crippen MR) is 69.9 cm³/mol. The van der Waals surface area contributed by atoms with E-state index in [0.717, 1.165) is 32.0 Å². The highest BCUT2D eigenvalue weighted by Crippen LogP contribution is 2.09. The van der Waals surface area contributed by atoms with Crippen LogP contribution in [0.5, 0.6) is 0 Å². The van der Waals surface area contributed by atoms with E-state index in [-0.39, 0.29) is 0 Å². The molecule has 0 saturated heterocycles. The number of hydrogen-bond acceptors (Lipinski definition) is 2. The van der Waals surface area contributed by atoms with E-state index in [1.165, 1.54) is 5.57 Å². The van der Waals surface area contributed by atoms with E-state index >= 15 is 0 Å². The molecular formula is C12H24N4. The lowest BCUT2D eigenvalue weighted by Crippen LogP contribution is -2.35. The summed E-state index contributed by atoms with van der Waals surface area (Å²) in [5.74, 6) is 1.03. The first kappa shape index (κ1) is 13.0. The van der Waals surface area contributed by atoms with E-state index in [0.29, 0.717) is 0 Å². The average Bonchev–Trinajstić information content (AvgIpc) is 2.20. The summed E-state index contributed by atoms with van der Waals surface area (Å²) >= 11 is 0. The first-order chi connectivity index (χ1) is 7.50. The van der Waals surface area contributed by atoms with Crippen molar-refractivity contribution in [2.24, 2.45) is 4.99 Å². The van der Waals surface area contributed by atoms with Gasteiger partial charge < -0.3 is 14.7 Å². The van der Waals surface area contributed by atoms with E-state index in [2.05, 4.69) is 32.8 Å². The fraction of sp³-hybridized carbons (Fsp3) is 0.750. The maximum atomic E-state index is 4.65. The molecule has 4 nitrogen and oxygen atoms in total. The monoisotopic (exact) mass is 224 g/mol. The van der Waals surface area contributed by atoms with Crippen molar-refractivity contribution in [1.82, 2.24) is 14.7 Å². The van der Waals surface area contributed by atoms with Crippen LogP contribution in [0, 0.1) is 0 Å². The largest absolute Gasteiger partial charge is 0.349 e. The minimum absolute atomic E-state index is 0.833. The first-order valence-electron chi connectivity index (χ1n) is 5.76. The van der Waals surface area contributed by atoms with Gasteiger partial charge in [0.2, 0.25) is 0 Å². The van der Waals surface area contributed by atoms with Crippen molar-refractivity contribution >= 4 is 5.96 Å². The van der Waals surface area contributed by atoms with Gasteiger partial charge in [-0.25, -0.2) is 4.99 Å². The van der Waals surface area contributed by atoms with Crippen LogP contribution in [0.25, 0.3) is 0 Å². The topological polar surface area (TPSA) is 22.1 Å². The van der Waals surface area contributed by atoms with Gasteiger partial charge in [0, 0.05) is 41.3 Å². The minimum Gasteiger partial charge on any atom is -0.349 e. The van der Waals surface area contributed by atoms with E-state index in [4.69, 9.17) is 0 Å². The summed E-state index contributed by atoms with van der Waals surface area (Å²) in [4.78, 5) is 11.1. The average molecular weight is 224 g/mol. The van der Waals surface area contributed by atoms with Gasteiger partial charge in [-0.05, 0) is 13.5 Å². The summed E-state index contributed by atoms with van der Waals surface area (Å²) in [6.45, 7) is 3.05. The molecule has 0 N–H and O–H groups in total. The third kappa shape index (κ3) is 3.85. The number of nitrogens with zero attached hydrogens (tertiary/aromatic N) is 4. The second-order valence-corrected chi connectivity index (χ2v) is 4.78. The number of rotatable bonds is 2. The standard InChI is InChI=1S/C12H24N4/c1-14(2)12(15(3)4)13-10-11-6-8-16(5)9-7-11/h6H,7-10H2,1-5H3. The zero-order chi connectivity index (χ0) is 12.1. The van der Waals surface area contributed by atoms with Gasteiger partial charge in [-0.2, -0.15) is 0 Å². The van der Waals surface area contributed by atoms with Crippen molar-refractivity contribution in [3.8, 4) is 0 Å². The summed E-state index contributed by atoms with van der Waals surface area (Å²) in [6, 6.07) is 0. The lowest BCUT2D eigenvalue weighted by molar-refractivity contribution is 0.358. The van der Waals surface area contributed by atoms with Gasteiger partial charge in [-0.1, -0.05) is 11.6 Å². The SMILES string of the molecule is CN1CC=C(CN=C(N(C)C)N(C)C)CC1. The quantitative estimate of drug-likeness (QED) is 0.392. The first-order valence-corrected chi connectivity index (χ1v) is 5.76. The molecule has 0 amide bonds. The molecule has 92 valence electrons. The van der Waals surface area contributed by atoms with Gasteiger partial charge in [-0.15, -0.1) is 0 Å². The smallest absolute Gasteiger partial charge is 0.195 e. The molecule has 4 heteroatoms. The fourth-order valence-electron chi connectivity index (χ4n) is 1.81. The van der Waals surface area contributed by atoms with Gasteiger partial charge in [0.1, 0.15) is 0 Å². The molecule has 0 aliphatic carbocycles. The van der Waals surface area contributed by atoms with Gasteiger partial charge in [0.25, 0.3) is 0 Å². The molecule has 0 aromatic heterocycles. The number of likely N-dealkylation sites (N-methyl/N-ethyl adjacent to an activating group) is 1. The third-order valence-corrected chi connectivity index (χ3v) is 2.73. The molecule has 1 heterocycles. The molecule has 16 heavy (non-hydrogen) atoms. The molecule has 0 aromatic carbocycles. The Kier molecular flexibility index (Phi) is 4.80. The van der Waals surface area contributed by atoms with Gasteiger partial charge in [0.05, 0.1) is 6.54 Å². The van der Waals surface area contributed by atoms with E-state index in [1.54, 1.807) is 0 Å². The normalized spacial score (nSPS) is 16.7. The molecule has 0 aromatic rings. The molecule has 0 unspecified atom stereocenters. The highest BCUT2D eigenvalue weighted by atomic mass is 15.3. The van der Waals surface area contributed by atoms with Crippen LogP contribution in [-0.2, 0) is 0 Å². The summed E-state index contributed by atoms with van der Waals surface area (Å²) < 4.78 is 0. The van der Waals surface area contributed by atoms with Crippen LogP contribution in [0.4, 0.5) is 0 Å². The molecular weight excluding hydrogens is 200 g/mol. The minimum atomic E-state index is 0.833. The Hall–Kier alpha value is -1.03. The lowest BCUT2D eigenvalue weighted by Gasteiger charge is -2.24. The van der Waals surface area contributed by atoms with Gasteiger partial charge >= 0.3 is 0 Å². The van der Waals surface area contributed by atoms with E-state index in [9.17, 15) is 0 Å². The number of hydrogen-bond donors (Lipinski definition) is 0. The van der Waals surface area contributed by atoms with Crippen LogP contribution in [0.3, 0.4) is 0 Å². The van der Waals surface area contributed by atoms with E-state index in [1.807, 2.05) is 28.2 Å². The molecule has 1 aliphatic rings. The summed E-state index contributed by atoms with van der Waals surface area (Å²) in [6.07, 6.45) is 3.45. The zero-order valence-electron chi connectivity index (χ0n) is 11.2. The molecule has 1 rings (SSSR count). The van der Waals surface area contributed by atoms with Crippen molar-refractivity contribution in [2.75, 3.05) is 54.9 Å². The van der Waals surface area contributed by atoms with Crippen LogP contribution >= 0.6 is 0 Å². The Morgan fingerprint density at radius 2 is 1.94 bits per heavy atom. The Bertz CT molecular complexity index is 269. The highest BCUT2D eigenvalue weighted by molar-refractivity contribution is 5.79.